The van der Waals surface area contributed by atoms with Crippen LogP contribution in [0, 0.1) is 10.1 Å². The molecule has 128 valence electrons. The van der Waals surface area contributed by atoms with E-state index in [1.165, 1.54) is 6.07 Å². The maximum atomic E-state index is 12.6. The Bertz CT molecular complexity index is 706. The van der Waals surface area contributed by atoms with Crippen molar-refractivity contribution in [2.75, 3.05) is 13.1 Å². The SMILES string of the molecule is CCN(CC(=O)NC(C)C)S(=O)(=O)c1ccc(Cl)cc1[N+](=O)[O-]. The van der Waals surface area contributed by atoms with Gasteiger partial charge in [0.05, 0.1) is 11.5 Å². The summed E-state index contributed by atoms with van der Waals surface area (Å²) in [6.45, 7) is 4.60. The van der Waals surface area contributed by atoms with Gasteiger partial charge in [0.1, 0.15) is 0 Å². The molecule has 1 rings (SSSR count). The number of hydrogen-bond acceptors (Lipinski definition) is 5. The van der Waals surface area contributed by atoms with Gasteiger partial charge >= 0.3 is 0 Å². The van der Waals surface area contributed by atoms with Crippen molar-refractivity contribution in [1.29, 1.82) is 0 Å². The van der Waals surface area contributed by atoms with E-state index < -0.39 is 38.0 Å². The average Bonchev–Trinajstić information content (AvgIpc) is 2.43. The van der Waals surface area contributed by atoms with Crippen LogP contribution in [0.15, 0.2) is 23.1 Å². The van der Waals surface area contributed by atoms with Crippen LogP contribution in [-0.2, 0) is 14.8 Å². The Hall–Kier alpha value is -1.71. The van der Waals surface area contributed by atoms with Crippen molar-refractivity contribution in [3.8, 4) is 0 Å². The highest BCUT2D eigenvalue weighted by Crippen LogP contribution is 2.29. The van der Waals surface area contributed by atoms with E-state index in [2.05, 4.69) is 5.32 Å². The molecule has 8 nitrogen and oxygen atoms in total. The average molecular weight is 364 g/mol. The van der Waals surface area contributed by atoms with Gasteiger partial charge in [-0.15, -0.1) is 0 Å². The molecule has 0 aliphatic heterocycles. The Kier molecular flexibility index (Phi) is 6.48. The lowest BCUT2D eigenvalue weighted by molar-refractivity contribution is -0.387. The molecule has 1 N–H and O–H groups in total. The molecule has 0 aliphatic carbocycles. The maximum Gasteiger partial charge on any atom is 0.290 e. The summed E-state index contributed by atoms with van der Waals surface area (Å²) in [5, 5.41) is 13.7. The minimum Gasteiger partial charge on any atom is -0.353 e. The number of hydrogen-bond donors (Lipinski definition) is 1. The van der Waals surface area contributed by atoms with Crippen molar-refractivity contribution in [1.82, 2.24) is 9.62 Å². The predicted octanol–water partition coefficient (Wildman–Crippen LogP) is 1.78. The van der Waals surface area contributed by atoms with Crippen molar-refractivity contribution in [3.63, 3.8) is 0 Å². The number of benzene rings is 1. The monoisotopic (exact) mass is 363 g/mol. The first kappa shape index (κ1) is 19.3. The van der Waals surface area contributed by atoms with E-state index >= 15 is 0 Å². The molecule has 0 aromatic heterocycles. The molecule has 0 bridgehead atoms. The smallest absolute Gasteiger partial charge is 0.290 e. The summed E-state index contributed by atoms with van der Waals surface area (Å²) >= 11 is 5.69. The van der Waals surface area contributed by atoms with Gasteiger partial charge < -0.3 is 5.32 Å². The molecule has 0 radical (unpaired) electrons. The number of halogens is 1. The lowest BCUT2D eigenvalue weighted by atomic mass is 10.3. The minimum atomic E-state index is -4.20. The third kappa shape index (κ3) is 4.88. The van der Waals surface area contributed by atoms with Gasteiger partial charge in [0.25, 0.3) is 5.69 Å². The van der Waals surface area contributed by atoms with E-state index in [9.17, 15) is 23.3 Å². The zero-order valence-electron chi connectivity index (χ0n) is 12.9. The van der Waals surface area contributed by atoms with Crippen LogP contribution in [0.3, 0.4) is 0 Å². The Balaban J connectivity index is 3.23. The van der Waals surface area contributed by atoms with Gasteiger partial charge in [-0.2, -0.15) is 4.31 Å². The predicted molar refractivity (Wildman–Crippen MR) is 85.8 cm³/mol. The van der Waals surface area contributed by atoms with Gasteiger partial charge in [-0.1, -0.05) is 18.5 Å². The zero-order valence-corrected chi connectivity index (χ0v) is 14.5. The zero-order chi connectivity index (χ0) is 17.8. The number of nitrogens with one attached hydrogen (secondary N) is 1. The van der Waals surface area contributed by atoms with Crippen LogP contribution in [0.1, 0.15) is 20.8 Å². The molecule has 0 saturated heterocycles. The third-order valence-corrected chi connectivity index (χ3v) is 5.06. The summed E-state index contributed by atoms with van der Waals surface area (Å²) in [5.74, 6) is -0.484. The molecule has 1 amide bonds. The van der Waals surface area contributed by atoms with Crippen molar-refractivity contribution < 1.29 is 18.1 Å². The number of rotatable bonds is 7. The topological polar surface area (TPSA) is 110 Å². The van der Waals surface area contributed by atoms with Crippen LogP contribution in [0.4, 0.5) is 5.69 Å². The van der Waals surface area contributed by atoms with Crippen molar-refractivity contribution >= 4 is 33.2 Å². The van der Waals surface area contributed by atoms with Crippen LogP contribution in [0.25, 0.3) is 0 Å². The molecule has 0 aliphatic rings. The highest BCUT2D eigenvalue weighted by atomic mass is 35.5. The molecule has 0 unspecified atom stereocenters. The quantitative estimate of drug-likeness (QED) is 0.586. The van der Waals surface area contributed by atoms with Gasteiger partial charge in [-0.05, 0) is 26.0 Å². The number of likely N-dealkylation sites (N-methyl/N-ethyl adjacent to an activating group) is 1. The van der Waals surface area contributed by atoms with E-state index in [1.54, 1.807) is 20.8 Å². The van der Waals surface area contributed by atoms with E-state index in [-0.39, 0.29) is 17.6 Å². The summed E-state index contributed by atoms with van der Waals surface area (Å²) in [4.78, 5) is 21.6. The summed E-state index contributed by atoms with van der Waals surface area (Å²) in [7, 11) is -4.20. The van der Waals surface area contributed by atoms with Gasteiger partial charge in [-0.3, -0.25) is 14.9 Å². The number of carbonyl (C=O) groups is 1. The van der Waals surface area contributed by atoms with Gasteiger partial charge in [0.2, 0.25) is 15.9 Å². The van der Waals surface area contributed by atoms with Gasteiger partial charge in [-0.25, -0.2) is 8.42 Å². The fourth-order valence-electron chi connectivity index (χ4n) is 1.88. The van der Waals surface area contributed by atoms with Gasteiger partial charge in [0.15, 0.2) is 4.90 Å². The first-order chi connectivity index (χ1) is 10.6. The summed E-state index contributed by atoms with van der Waals surface area (Å²) in [5.41, 5.74) is -0.625. The van der Waals surface area contributed by atoms with E-state index in [0.29, 0.717) is 0 Å². The highest BCUT2D eigenvalue weighted by molar-refractivity contribution is 7.89. The Morgan fingerprint density at radius 3 is 2.52 bits per heavy atom. The maximum absolute atomic E-state index is 12.6. The number of nitro groups is 1. The molecular formula is C13H18ClN3O5S. The lowest BCUT2D eigenvalue weighted by Gasteiger charge is -2.20. The van der Waals surface area contributed by atoms with E-state index in [1.807, 2.05) is 0 Å². The van der Waals surface area contributed by atoms with Gasteiger partial charge in [0, 0.05) is 23.7 Å². The number of sulfonamides is 1. The molecule has 23 heavy (non-hydrogen) atoms. The fourth-order valence-corrected chi connectivity index (χ4v) is 3.59. The van der Waals surface area contributed by atoms with Crippen LogP contribution in [0.5, 0.6) is 0 Å². The minimum absolute atomic E-state index is 0.00632. The molecule has 0 spiro atoms. The van der Waals surface area contributed by atoms with E-state index in [4.69, 9.17) is 11.6 Å². The molecule has 1 aromatic carbocycles. The summed E-state index contributed by atoms with van der Waals surface area (Å²) in [6.07, 6.45) is 0. The number of carbonyl (C=O) groups excluding carboxylic acids is 1. The first-order valence-electron chi connectivity index (χ1n) is 6.83. The Morgan fingerprint density at radius 2 is 2.04 bits per heavy atom. The van der Waals surface area contributed by atoms with Crippen LogP contribution < -0.4 is 5.32 Å². The molecule has 1 aromatic rings. The van der Waals surface area contributed by atoms with Crippen LogP contribution >= 0.6 is 11.6 Å². The summed E-state index contributed by atoms with van der Waals surface area (Å²) < 4.78 is 26.1. The highest BCUT2D eigenvalue weighted by Gasteiger charge is 2.32. The Morgan fingerprint density at radius 1 is 1.43 bits per heavy atom. The standard InChI is InChI=1S/C13H18ClN3O5S/c1-4-16(8-13(18)15-9(2)3)23(21,22)12-6-5-10(14)7-11(12)17(19)20/h5-7,9H,4,8H2,1-3H3,(H,15,18). The van der Waals surface area contributed by atoms with Crippen molar-refractivity contribution in [2.45, 2.75) is 31.7 Å². The second-order valence-corrected chi connectivity index (χ2v) is 7.37. The largest absolute Gasteiger partial charge is 0.353 e. The summed E-state index contributed by atoms with van der Waals surface area (Å²) in [6, 6.07) is 3.15. The molecule has 10 heteroatoms. The van der Waals surface area contributed by atoms with Crippen LogP contribution in [0.2, 0.25) is 5.02 Å². The second kappa shape index (κ2) is 7.71. The number of nitro benzene ring substituents is 1. The molecule has 0 heterocycles. The third-order valence-electron chi connectivity index (χ3n) is 2.86. The molecule has 0 fully saturated rings. The first-order valence-corrected chi connectivity index (χ1v) is 8.64. The normalized spacial score (nSPS) is 11.7. The lowest BCUT2D eigenvalue weighted by Crippen LogP contribution is -2.42. The molecule has 0 saturated carbocycles. The Labute approximate surface area is 139 Å². The molecular weight excluding hydrogens is 346 g/mol. The second-order valence-electron chi connectivity index (χ2n) is 5.02. The number of amides is 1. The number of nitrogens with zero attached hydrogens (tertiary/aromatic N) is 2. The van der Waals surface area contributed by atoms with Crippen molar-refractivity contribution in [2.24, 2.45) is 0 Å². The van der Waals surface area contributed by atoms with Crippen LogP contribution in [-0.4, -0.2) is 42.7 Å². The molecule has 0 atom stereocenters. The van der Waals surface area contributed by atoms with Crippen molar-refractivity contribution in [3.05, 3.63) is 33.3 Å². The van der Waals surface area contributed by atoms with E-state index in [0.717, 1.165) is 16.4 Å². The fraction of sp³-hybridized carbons (Fsp3) is 0.462.